The second-order valence-corrected chi connectivity index (χ2v) is 22.6. The summed E-state index contributed by atoms with van der Waals surface area (Å²) in [6.45, 7) is 18.7. The van der Waals surface area contributed by atoms with Crippen LogP contribution in [0.3, 0.4) is 0 Å². The first-order chi connectivity index (χ1) is 31.2. The lowest BCUT2D eigenvalue weighted by molar-refractivity contribution is -0.303. The van der Waals surface area contributed by atoms with Gasteiger partial charge in [-0.15, -0.1) is 0 Å². The number of aromatic nitrogens is 1. The van der Waals surface area contributed by atoms with Crippen molar-refractivity contribution in [3.05, 3.63) is 36.5 Å². The highest BCUT2D eigenvalue weighted by atomic mass is 32.2. The van der Waals surface area contributed by atoms with E-state index >= 15 is 0 Å². The van der Waals surface area contributed by atoms with Gasteiger partial charge in [-0.25, -0.2) is 13.1 Å². The maximum absolute atomic E-state index is 14.6. The molecule has 0 bridgehead atoms. The highest BCUT2D eigenvalue weighted by Gasteiger charge is 2.55. The summed E-state index contributed by atoms with van der Waals surface area (Å²) in [5, 5.41) is 60.6. The summed E-state index contributed by atoms with van der Waals surface area (Å²) in [7, 11) is 1.34. The van der Waals surface area contributed by atoms with Gasteiger partial charge in [-0.2, -0.15) is 0 Å². The minimum Gasteiger partial charge on any atom is -0.459 e. The van der Waals surface area contributed by atoms with E-state index in [2.05, 4.69) is 9.71 Å². The molecule has 6 N–H and O–H groups in total. The predicted octanol–water partition coefficient (Wildman–Crippen LogP) is 3.46. The average molecular weight is 967 g/mol. The minimum atomic E-state index is -3.87. The number of carbonyl (C=O) groups is 1. The maximum atomic E-state index is 14.6. The van der Waals surface area contributed by atoms with Crippen LogP contribution in [0.25, 0.3) is 10.9 Å². The van der Waals surface area contributed by atoms with Crippen LogP contribution in [0.15, 0.2) is 41.4 Å². The molecule has 3 fully saturated rings. The largest absolute Gasteiger partial charge is 0.459 e. The lowest BCUT2D eigenvalue weighted by Crippen LogP contribution is -2.62. The van der Waals surface area contributed by atoms with Gasteiger partial charge in [-0.05, 0) is 112 Å². The molecule has 67 heavy (non-hydrogen) atoms. The zero-order valence-corrected chi connectivity index (χ0v) is 42.8. The van der Waals surface area contributed by atoms with Crippen molar-refractivity contribution >= 4 is 26.9 Å². The number of rotatable bonds is 12. The molecule has 1 aromatic heterocycles. The monoisotopic (exact) mass is 967 g/mol. The molecular weight excluding hydrogens is 885 g/mol. The van der Waals surface area contributed by atoms with E-state index in [1.54, 1.807) is 59.9 Å². The number of nitrogens with one attached hydrogen (secondary N) is 1. The molecule has 0 amide bonds. The molecule has 3 aliphatic rings. The Morgan fingerprint density at radius 3 is 2.31 bits per heavy atom. The van der Waals surface area contributed by atoms with Crippen LogP contribution in [0.2, 0.25) is 0 Å². The van der Waals surface area contributed by atoms with Crippen LogP contribution in [0.5, 0.6) is 0 Å². The van der Waals surface area contributed by atoms with E-state index in [9.17, 15) is 38.7 Å². The Hall–Kier alpha value is -2.43. The lowest BCUT2D eigenvalue weighted by Gasteiger charge is -2.51. The summed E-state index contributed by atoms with van der Waals surface area (Å²) >= 11 is 0. The standard InChI is InChI=1S/C49H82N4O13S/c1-14-38-49(10,59)42(55)32(6)53(12)27-28(2)25-47(8,58)44(30(4)39(31(5)45(57)65-38)36-26-48(9,62-13)43(56)33(7)64-36)66-46-41(54)35(24-29(3)63-46)52(11)23-17-22-51-67(60,61)37-20-15-18-34-19-16-21-50-40(34)37/h15-16,18-21,28-33,35-36,38-39,41-44,46,51,54-56,58-59H,14,17,22-27H2,1-13H3/t28-,29-,30+,31-,32-,33+,35+,36?,38-,39+,41-,42-,43+,44-,46+,47-,48-,49-/m1/s1. The number of hydrogen-bond donors (Lipinski definition) is 6. The van der Waals surface area contributed by atoms with Gasteiger partial charge >= 0.3 is 5.97 Å². The fourth-order valence-corrected chi connectivity index (χ4v) is 12.5. The molecule has 18 heteroatoms. The molecule has 2 aromatic rings. The molecule has 3 aliphatic heterocycles. The number of hydrogen-bond acceptors (Lipinski definition) is 16. The normalized spacial score (nSPS) is 41.4. The summed E-state index contributed by atoms with van der Waals surface area (Å²) in [4.78, 5) is 22.8. The molecule has 18 atom stereocenters. The number of cyclic esters (lactones) is 1. The van der Waals surface area contributed by atoms with Gasteiger partial charge in [-0.3, -0.25) is 9.78 Å². The Bertz CT molecular complexity index is 2040. The summed E-state index contributed by atoms with van der Waals surface area (Å²) in [6.07, 6.45) is -5.76. The van der Waals surface area contributed by atoms with E-state index in [4.69, 9.17) is 23.7 Å². The zero-order valence-electron chi connectivity index (χ0n) is 42.0. The molecule has 1 unspecified atom stereocenters. The number of benzene rings is 1. The Morgan fingerprint density at radius 2 is 1.66 bits per heavy atom. The number of carbonyl (C=O) groups excluding carboxylic acids is 1. The zero-order chi connectivity index (χ0) is 50.0. The molecule has 17 nitrogen and oxygen atoms in total. The minimum absolute atomic E-state index is 0.0995. The lowest BCUT2D eigenvalue weighted by atomic mass is 9.68. The SMILES string of the molecule is CC[C@H]1OC(=O)[C@H](C)[C@@H](C2C[C@@](C)(OC)[C@@H](O)[C@H](C)O2)[C@H](C)[C@@H](O[C@@H]2O[C@H](C)C[C@H](N(C)CCCNS(=O)(=O)c3cccc4cccnc34)[C@H]2O)[C@](C)(O)C[C@@H](C)CN(C)[C@H](C)[C@@H](O)[C@]1(C)O. The molecule has 0 radical (unpaired) electrons. The van der Waals surface area contributed by atoms with Crippen LogP contribution >= 0.6 is 0 Å². The van der Waals surface area contributed by atoms with E-state index < -0.39 is 118 Å². The van der Waals surface area contributed by atoms with E-state index in [0.29, 0.717) is 36.8 Å². The molecule has 4 heterocycles. The van der Waals surface area contributed by atoms with Gasteiger partial charge in [0.15, 0.2) is 6.29 Å². The summed E-state index contributed by atoms with van der Waals surface area (Å²) in [5.41, 5.74) is -4.13. The third kappa shape index (κ3) is 12.4. The third-order valence-electron chi connectivity index (χ3n) is 15.3. The first-order valence-corrected chi connectivity index (χ1v) is 25.6. The van der Waals surface area contributed by atoms with Crippen LogP contribution in [0.1, 0.15) is 101 Å². The van der Waals surface area contributed by atoms with Gasteiger partial charge in [0.2, 0.25) is 10.0 Å². The molecule has 5 rings (SSSR count). The number of methoxy groups -OCH3 is 1. The molecule has 382 valence electrons. The van der Waals surface area contributed by atoms with Crippen molar-refractivity contribution in [1.29, 1.82) is 0 Å². The number of likely N-dealkylation sites (N-methyl/N-ethyl adjacent to an activating group) is 2. The number of aliphatic hydroxyl groups is 5. The van der Waals surface area contributed by atoms with Crippen LogP contribution in [0.4, 0.5) is 0 Å². The van der Waals surface area contributed by atoms with Crippen molar-refractivity contribution in [1.82, 2.24) is 19.5 Å². The van der Waals surface area contributed by atoms with Crippen molar-refractivity contribution in [3.63, 3.8) is 0 Å². The fraction of sp³-hybridized carbons (Fsp3) is 0.796. The first kappa shape index (κ1) is 55.5. The van der Waals surface area contributed by atoms with Gasteiger partial charge < -0.3 is 59.0 Å². The van der Waals surface area contributed by atoms with Crippen LogP contribution in [-0.4, -0.2) is 180 Å². The Labute approximate surface area is 398 Å². The summed E-state index contributed by atoms with van der Waals surface area (Å²) in [5.74, 6) is -3.26. The Balaban J connectivity index is 1.46. The first-order valence-electron chi connectivity index (χ1n) is 24.1. The molecule has 1 aromatic carbocycles. The van der Waals surface area contributed by atoms with Gasteiger partial charge in [-0.1, -0.05) is 45.9 Å². The summed E-state index contributed by atoms with van der Waals surface area (Å²) < 4.78 is 61.5. The van der Waals surface area contributed by atoms with Crippen LogP contribution in [-0.2, 0) is 38.5 Å². The molecule has 3 saturated heterocycles. The highest BCUT2D eigenvalue weighted by molar-refractivity contribution is 7.89. The number of esters is 1. The van der Waals surface area contributed by atoms with Crippen molar-refractivity contribution in [2.45, 2.75) is 190 Å². The number of sulfonamides is 1. The number of aliphatic hydroxyl groups excluding tert-OH is 3. The van der Waals surface area contributed by atoms with E-state index in [-0.39, 0.29) is 36.6 Å². The van der Waals surface area contributed by atoms with E-state index in [0.717, 1.165) is 0 Å². The number of ether oxygens (including phenoxy) is 5. The quantitative estimate of drug-likeness (QED) is 0.132. The van der Waals surface area contributed by atoms with Crippen molar-refractivity contribution in [2.24, 2.45) is 23.7 Å². The number of nitrogens with zero attached hydrogens (tertiary/aromatic N) is 3. The van der Waals surface area contributed by atoms with Crippen LogP contribution in [0, 0.1) is 23.7 Å². The summed E-state index contributed by atoms with van der Waals surface area (Å²) in [6, 6.07) is 7.54. The molecule has 0 saturated carbocycles. The topological polar surface area (TPSA) is 230 Å². The van der Waals surface area contributed by atoms with E-state index in [1.165, 1.54) is 20.1 Å². The third-order valence-corrected chi connectivity index (χ3v) is 16.8. The predicted molar refractivity (Wildman–Crippen MR) is 253 cm³/mol. The fourth-order valence-electron chi connectivity index (χ4n) is 11.3. The molecular formula is C49H82N4O13S. The van der Waals surface area contributed by atoms with Crippen LogP contribution < -0.4 is 4.72 Å². The smallest absolute Gasteiger partial charge is 0.309 e. The second kappa shape index (κ2) is 22.3. The average Bonchev–Trinajstić information content (AvgIpc) is 3.27. The molecule has 0 aliphatic carbocycles. The number of para-hydroxylation sites is 1. The number of fused-ring (bicyclic) bond motifs is 1. The van der Waals surface area contributed by atoms with Gasteiger partial charge in [0.05, 0.1) is 47.1 Å². The van der Waals surface area contributed by atoms with Gasteiger partial charge in [0, 0.05) is 56.2 Å². The van der Waals surface area contributed by atoms with Crippen molar-refractivity contribution < 1.29 is 62.4 Å². The second-order valence-electron chi connectivity index (χ2n) is 20.9. The van der Waals surface area contributed by atoms with Crippen molar-refractivity contribution in [3.8, 4) is 0 Å². The Kier molecular flexibility index (Phi) is 18.5. The van der Waals surface area contributed by atoms with E-state index in [1.807, 2.05) is 56.8 Å². The van der Waals surface area contributed by atoms with Crippen molar-refractivity contribution in [2.75, 3.05) is 40.8 Å². The molecule has 0 spiro atoms. The van der Waals surface area contributed by atoms with Gasteiger partial charge in [0.25, 0.3) is 0 Å². The maximum Gasteiger partial charge on any atom is 0.309 e. The Morgan fingerprint density at radius 1 is 0.985 bits per heavy atom. The highest BCUT2D eigenvalue weighted by Crippen LogP contribution is 2.45. The van der Waals surface area contributed by atoms with Gasteiger partial charge in [0.1, 0.15) is 34.9 Å². The number of pyridine rings is 1.